The van der Waals surface area contributed by atoms with E-state index < -0.39 is 0 Å². The van der Waals surface area contributed by atoms with Gasteiger partial charge in [-0.2, -0.15) is 0 Å². The van der Waals surface area contributed by atoms with E-state index in [4.69, 9.17) is 0 Å². The molecule has 0 bridgehead atoms. The molecule has 1 aliphatic heterocycles. The van der Waals surface area contributed by atoms with Gasteiger partial charge in [0.05, 0.1) is 0 Å². The van der Waals surface area contributed by atoms with E-state index in [-0.39, 0.29) is 18.4 Å². The number of hydrogen-bond acceptors (Lipinski definition) is 2. The van der Waals surface area contributed by atoms with Crippen molar-refractivity contribution < 1.29 is 9.90 Å². The Hall–Kier alpha value is -1.35. The molecule has 3 nitrogen and oxygen atoms in total. The Morgan fingerprint density at radius 3 is 2.69 bits per heavy atom. The summed E-state index contributed by atoms with van der Waals surface area (Å²) >= 11 is 0. The number of amides is 1. The zero-order valence-electron chi connectivity index (χ0n) is 9.23. The average molecular weight is 219 g/mol. The Balaban J connectivity index is 1.98. The minimum Gasteiger partial charge on any atom is -0.396 e. The number of hydrogen-bond donors (Lipinski definition) is 2. The highest BCUT2D eigenvalue weighted by molar-refractivity contribution is 5.78. The van der Waals surface area contributed by atoms with Crippen LogP contribution in [-0.2, 0) is 4.79 Å². The van der Waals surface area contributed by atoms with Crippen LogP contribution in [0.25, 0.3) is 0 Å². The summed E-state index contributed by atoms with van der Waals surface area (Å²) in [6, 6.07) is 10.0. The van der Waals surface area contributed by atoms with E-state index in [2.05, 4.69) is 5.32 Å². The molecule has 0 aliphatic carbocycles. The highest BCUT2D eigenvalue weighted by atomic mass is 16.3. The molecule has 1 heterocycles. The lowest BCUT2D eigenvalue weighted by molar-refractivity contribution is -0.119. The first-order valence-electron chi connectivity index (χ1n) is 5.72. The molecule has 2 atom stereocenters. The van der Waals surface area contributed by atoms with Crippen molar-refractivity contribution in [1.29, 1.82) is 0 Å². The summed E-state index contributed by atoms with van der Waals surface area (Å²) in [6.45, 7) is 0.900. The van der Waals surface area contributed by atoms with Crippen LogP contribution >= 0.6 is 0 Å². The normalized spacial score (nSPS) is 21.8. The molecule has 0 saturated carbocycles. The summed E-state index contributed by atoms with van der Waals surface area (Å²) in [6.07, 6.45) is 1.47. The number of rotatable bonds is 4. The zero-order valence-corrected chi connectivity index (χ0v) is 9.23. The third-order valence-corrected chi connectivity index (χ3v) is 3.17. The van der Waals surface area contributed by atoms with Crippen LogP contribution in [0.3, 0.4) is 0 Å². The van der Waals surface area contributed by atoms with E-state index in [0.717, 1.165) is 18.5 Å². The lowest BCUT2D eigenvalue weighted by Crippen LogP contribution is -2.15. The van der Waals surface area contributed by atoms with Crippen molar-refractivity contribution in [2.24, 2.45) is 5.92 Å². The first-order chi connectivity index (χ1) is 7.79. The molecule has 1 amide bonds. The molecule has 1 aromatic rings. The predicted octanol–water partition coefficient (Wildman–Crippen LogP) is 1.29. The van der Waals surface area contributed by atoms with Crippen LogP contribution in [0.2, 0.25) is 0 Å². The maximum absolute atomic E-state index is 11.1. The van der Waals surface area contributed by atoms with Gasteiger partial charge < -0.3 is 10.4 Å². The van der Waals surface area contributed by atoms with Crippen molar-refractivity contribution in [2.75, 3.05) is 13.2 Å². The van der Waals surface area contributed by atoms with Gasteiger partial charge in [-0.05, 0) is 17.9 Å². The Labute approximate surface area is 95.5 Å². The van der Waals surface area contributed by atoms with E-state index in [1.165, 1.54) is 0 Å². The summed E-state index contributed by atoms with van der Waals surface area (Å²) < 4.78 is 0. The number of aliphatic hydroxyl groups excluding tert-OH is 1. The monoisotopic (exact) mass is 219 g/mol. The molecule has 1 aliphatic rings. The van der Waals surface area contributed by atoms with Gasteiger partial charge in [0.25, 0.3) is 0 Å². The second-order valence-electron chi connectivity index (χ2n) is 4.40. The minimum atomic E-state index is 0.134. The maximum atomic E-state index is 11.1. The molecule has 2 N–H and O–H groups in total. The van der Waals surface area contributed by atoms with Crippen molar-refractivity contribution in [3.63, 3.8) is 0 Å². The fraction of sp³-hybridized carbons (Fsp3) is 0.462. The molecule has 86 valence electrons. The SMILES string of the molecule is O=C1CC(C[C@H](CO)c2ccccc2)CN1. The summed E-state index contributed by atoms with van der Waals surface area (Å²) in [4.78, 5) is 11.1. The molecule has 1 saturated heterocycles. The van der Waals surface area contributed by atoms with Crippen LogP contribution in [0.5, 0.6) is 0 Å². The summed E-state index contributed by atoms with van der Waals surface area (Å²) in [5.74, 6) is 0.651. The van der Waals surface area contributed by atoms with Crippen LogP contribution < -0.4 is 5.32 Å². The van der Waals surface area contributed by atoms with Gasteiger partial charge in [0.2, 0.25) is 5.91 Å². The largest absolute Gasteiger partial charge is 0.396 e. The second kappa shape index (κ2) is 5.12. The molecule has 0 radical (unpaired) electrons. The number of aliphatic hydroxyl groups is 1. The van der Waals surface area contributed by atoms with Crippen molar-refractivity contribution in [1.82, 2.24) is 5.32 Å². The molecule has 3 heteroatoms. The number of benzene rings is 1. The van der Waals surface area contributed by atoms with Gasteiger partial charge in [0.15, 0.2) is 0 Å². The molecular weight excluding hydrogens is 202 g/mol. The highest BCUT2D eigenvalue weighted by Crippen LogP contribution is 2.26. The lowest BCUT2D eigenvalue weighted by Gasteiger charge is -2.17. The van der Waals surface area contributed by atoms with Crippen molar-refractivity contribution in [2.45, 2.75) is 18.8 Å². The number of carbonyl (C=O) groups is 1. The van der Waals surface area contributed by atoms with Crippen molar-refractivity contribution >= 4 is 5.91 Å². The van der Waals surface area contributed by atoms with E-state index in [1.54, 1.807) is 0 Å². The van der Waals surface area contributed by atoms with Crippen LogP contribution in [0.15, 0.2) is 30.3 Å². The van der Waals surface area contributed by atoms with Crippen LogP contribution in [0.4, 0.5) is 0 Å². The predicted molar refractivity (Wildman–Crippen MR) is 62.0 cm³/mol. The van der Waals surface area contributed by atoms with Gasteiger partial charge in [-0.15, -0.1) is 0 Å². The third-order valence-electron chi connectivity index (χ3n) is 3.17. The smallest absolute Gasteiger partial charge is 0.220 e. The van der Waals surface area contributed by atoms with E-state index in [9.17, 15) is 9.90 Å². The van der Waals surface area contributed by atoms with Gasteiger partial charge in [-0.3, -0.25) is 4.79 Å². The minimum absolute atomic E-state index is 0.134. The molecule has 1 unspecified atom stereocenters. The third kappa shape index (κ3) is 2.61. The molecular formula is C13H17NO2. The number of nitrogens with one attached hydrogen (secondary N) is 1. The summed E-state index contributed by atoms with van der Waals surface area (Å²) in [7, 11) is 0. The fourth-order valence-electron chi connectivity index (χ4n) is 2.27. The Bertz CT molecular complexity index is 350. The highest BCUT2D eigenvalue weighted by Gasteiger charge is 2.24. The van der Waals surface area contributed by atoms with Gasteiger partial charge in [0, 0.05) is 25.5 Å². The zero-order chi connectivity index (χ0) is 11.4. The Kier molecular flexibility index (Phi) is 3.57. The van der Waals surface area contributed by atoms with Gasteiger partial charge in [-0.1, -0.05) is 30.3 Å². The maximum Gasteiger partial charge on any atom is 0.220 e. The van der Waals surface area contributed by atoms with Crippen molar-refractivity contribution in [3.8, 4) is 0 Å². The second-order valence-corrected chi connectivity index (χ2v) is 4.40. The fourth-order valence-corrected chi connectivity index (χ4v) is 2.27. The molecule has 1 fully saturated rings. The molecule has 0 spiro atoms. The van der Waals surface area contributed by atoms with Crippen molar-refractivity contribution in [3.05, 3.63) is 35.9 Å². The average Bonchev–Trinajstić information content (AvgIpc) is 2.73. The van der Waals surface area contributed by atoms with Crippen LogP contribution in [-0.4, -0.2) is 24.2 Å². The lowest BCUT2D eigenvalue weighted by atomic mass is 9.89. The molecule has 0 aromatic heterocycles. The standard InChI is InChI=1S/C13H17NO2/c15-9-12(11-4-2-1-3-5-11)6-10-7-13(16)14-8-10/h1-5,10,12,15H,6-9H2,(H,14,16)/t10?,12-/m1/s1. The molecule has 2 rings (SSSR count). The van der Waals surface area contributed by atoms with Crippen LogP contribution in [0.1, 0.15) is 24.3 Å². The first kappa shape index (κ1) is 11.1. The summed E-state index contributed by atoms with van der Waals surface area (Å²) in [5, 5.41) is 12.2. The van der Waals surface area contributed by atoms with Gasteiger partial charge >= 0.3 is 0 Å². The van der Waals surface area contributed by atoms with Gasteiger partial charge in [0.1, 0.15) is 0 Å². The van der Waals surface area contributed by atoms with E-state index in [0.29, 0.717) is 12.3 Å². The van der Waals surface area contributed by atoms with E-state index >= 15 is 0 Å². The van der Waals surface area contributed by atoms with E-state index in [1.807, 2.05) is 30.3 Å². The van der Waals surface area contributed by atoms with Crippen LogP contribution in [0, 0.1) is 5.92 Å². The molecule has 1 aromatic carbocycles. The summed E-state index contributed by atoms with van der Waals surface area (Å²) in [5.41, 5.74) is 1.16. The molecule has 16 heavy (non-hydrogen) atoms. The Morgan fingerprint density at radius 2 is 2.12 bits per heavy atom. The quantitative estimate of drug-likeness (QED) is 0.801. The number of carbonyl (C=O) groups excluding carboxylic acids is 1. The van der Waals surface area contributed by atoms with Gasteiger partial charge in [-0.25, -0.2) is 0 Å². The topological polar surface area (TPSA) is 49.3 Å². The first-order valence-corrected chi connectivity index (χ1v) is 5.72. The Morgan fingerprint density at radius 1 is 1.38 bits per heavy atom.